The van der Waals surface area contributed by atoms with E-state index in [4.69, 9.17) is 16.0 Å². The predicted octanol–water partition coefficient (Wildman–Crippen LogP) is 3.51. The number of halogens is 1. The molecule has 1 aromatic heterocycles. The lowest BCUT2D eigenvalue weighted by Crippen LogP contribution is -2.22. The van der Waals surface area contributed by atoms with Crippen molar-refractivity contribution in [3.63, 3.8) is 0 Å². The maximum Gasteiger partial charge on any atom is 0.266 e. The highest BCUT2D eigenvalue weighted by Gasteiger charge is 2.12. The van der Waals surface area contributed by atoms with E-state index in [-0.39, 0.29) is 16.9 Å². The Morgan fingerprint density at radius 1 is 1.11 bits per heavy atom. The third kappa shape index (κ3) is 4.47. The van der Waals surface area contributed by atoms with Gasteiger partial charge in [0, 0.05) is 22.3 Å². The fourth-order valence-corrected chi connectivity index (χ4v) is 2.53. The normalized spacial score (nSPS) is 10.9. The lowest BCUT2D eigenvalue weighted by atomic mass is 10.1. The summed E-state index contributed by atoms with van der Waals surface area (Å²) in [6, 6.07) is 17.6. The molecule has 138 valence electrons. The van der Waals surface area contributed by atoms with Crippen LogP contribution in [-0.4, -0.2) is 11.9 Å². The van der Waals surface area contributed by atoms with Gasteiger partial charge < -0.3 is 19.6 Å². The number of aromatic carboxylic acids is 1. The number of carboxylic acids is 1. The second-order valence-corrected chi connectivity index (χ2v) is 6.14. The van der Waals surface area contributed by atoms with Crippen molar-refractivity contribution in [2.24, 2.45) is 0 Å². The van der Waals surface area contributed by atoms with Gasteiger partial charge in [0.05, 0.1) is 5.97 Å². The first kappa shape index (κ1) is 19.0. The van der Waals surface area contributed by atoms with Gasteiger partial charge in [-0.15, -0.1) is 0 Å². The Labute approximate surface area is 165 Å². The summed E-state index contributed by atoms with van der Waals surface area (Å²) >= 11 is 5.80. The molecular formula is C21H12ClN2O4-. The molecule has 0 spiro atoms. The molecule has 0 saturated heterocycles. The van der Waals surface area contributed by atoms with Gasteiger partial charge in [-0.25, -0.2) is 0 Å². The molecular weight excluding hydrogens is 380 g/mol. The molecule has 3 aromatic rings. The van der Waals surface area contributed by atoms with Crippen molar-refractivity contribution in [1.82, 2.24) is 0 Å². The fraction of sp³-hybridized carbons (Fsp3) is 0. The standard InChI is InChI=1S/C21H13ClN2O4/c22-16-4-6-17(7-5-16)24-20(25)15(12-23)11-18-8-9-19(28-18)13-2-1-3-14(10-13)21(26)27/h1-11H,(H,24,25)(H,26,27)/p-1/b15-11+. The second-order valence-electron chi connectivity index (χ2n) is 5.70. The maximum atomic E-state index is 12.3. The van der Waals surface area contributed by atoms with Gasteiger partial charge >= 0.3 is 0 Å². The SMILES string of the molecule is N#C/C(=C\c1ccc(-c2cccc(C(=O)[O-])c2)o1)C(=O)Nc1ccc(Cl)cc1. The molecule has 0 aliphatic heterocycles. The number of carbonyl (C=O) groups excluding carboxylic acids is 2. The van der Waals surface area contributed by atoms with E-state index in [9.17, 15) is 20.0 Å². The van der Waals surface area contributed by atoms with Crippen LogP contribution in [0.25, 0.3) is 17.4 Å². The van der Waals surface area contributed by atoms with Crippen LogP contribution in [0.2, 0.25) is 5.02 Å². The molecule has 1 heterocycles. The molecule has 0 radical (unpaired) electrons. The van der Waals surface area contributed by atoms with E-state index in [0.717, 1.165) is 0 Å². The number of carbonyl (C=O) groups is 2. The lowest BCUT2D eigenvalue weighted by molar-refractivity contribution is -0.255. The van der Waals surface area contributed by atoms with E-state index in [1.165, 1.54) is 18.2 Å². The number of furan rings is 1. The van der Waals surface area contributed by atoms with Gasteiger partial charge in [-0.1, -0.05) is 29.8 Å². The van der Waals surface area contributed by atoms with Crippen molar-refractivity contribution in [3.05, 3.63) is 82.6 Å². The van der Waals surface area contributed by atoms with E-state index < -0.39 is 11.9 Å². The van der Waals surface area contributed by atoms with Crippen molar-refractivity contribution in [3.8, 4) is 17.4 Å². The summed E-state index contributed by atoms with van der Waals surface area (Å²) in [6.07, 6.45) is 1.30. The van der Waals surface area contributed by atoms with E-state index in [0.29, 0.717) is 22.0 Å². The summed E-state index contributed by atoms with van der Waals surface area (Å²) in [4.78, 5) is 23.3. The van der Waals surface area contributed by atoms with Crippen LogP contribution in [0.1, 0.15) is 16.1 Å². The monoisotopic (exact) mass is 391 g/mol. The number of hydrogen-bond acceptors (Lipinski definition) is 5. The second kappa shape index (κ2) is 8.25. The topological polar surface area (TPSA) is 106 Å². The van der Waals surface area contributed by atoms with Gasteiger partial charge in [-0.3, -0.25) is 4.79 Å². The zero-order chi connectivity index (χ0) is 20.1. The molecule has 3 rings (SSSR count). The number of nitriles is 1. The van der Waals surface area contributed by atoms with Gasteiger partial charge in [0.15, 0.2) is 0 Å². The van der Waals surface area contributed by atoms with Gasteiger partial charge in [0.25, 0.3) is 5.91 Å². The molecule has 6 nitrogen and oxygen atoms in total. The number of rotatable bonds is 5. The molecule has 28 heavy (non-hydrogen) atoms. The maximum absolute atomic E-state index is 12.3. The minimum absolute atomic E-state index is 0.0195. The first-order chi connectivity index (χ1) is 13.5. The van der Waals surface area contributed by atoms with Crippen molar-refractivity contribution in [1.29, 1.82) is 5.26 Å². The highest BCUT2D eigenvalue weighted by molar-refractivity contribution is 6.30. The smallest absolute Gasteiger partial charge is 0.266 e. The summed E-state index contributed by atoms with van der Waals surface area (Å²) in [5.41, 5.74) is 0.894. The van der Waals surface area contributed by atoms with E-state index in [1.54, 1.807) is 48.5 Å². The number of carboxylic acid groups (broad SMARTS) is 1. The van der Waals surface area contributed by atoms with Crippen LogP contribution in [0.4, 0.5) is 5.69 Å². The van der Waals surface area contributed by atoms with Crippen LogP contribution in [0.5, 0.6) is 0 Å². The average molecular weight is 392 g/mol. The molecule has 0 atom stereocenters. The van der Waals surface area contributed by atoms with Crippen LogP contribution in [-0.2, 0) is 4.79 Å². The molecule has 0 aliphatic rings. The van der Waals surface area contributed by atoms with Crippen LogP contribution < -0.4 is 10.4 Å². The molecule has 0 fully saturated rings. The largest absolute Gasteiger partial charge is 0.545 e. The minimum Gasteiger partial charge on any atom is -0.545 e. The first-order valence-electron chi connectivity index (χ1n) is 8.06. The summed E-state index contributed by atoms with van der Waals surface area (Å²) in [5, 5.41) is 23.4. The van der Waals surface area contributed by atoms with E-state index in [1.807, 2.05) is 6.07 Å². The Balaban J connectivity index is 1.81. The molecule has 1 N–H and O–H groups in total. The quantitative estimate of drug-likeness (QED) is 0.529. The van der Waals surface area contributed by atoms with Crippen LogP contribution in [0, 0.1) is 11.3 Å². The number of anilines is 1. The number of nitrogens with zero attached hydrogens (tertiary/aromatic N) is 1. The highest BCUT2D eigenvalue weighted by atomic mass is 35.5. The number of hydrogen-bond donors (Lipinski definition) is 1. The lowest BCUT2D eigenvalue weighted by Gasteiger charge is -2.04. The Kier molecular flexibility index (Phi) is 5.58. The first-order valence-corrected chi connectivity index (χ1v) is 8.44. The molecule has 0 unspecified atom stereocenters. The number of benzene rings is 2. The van der Waals surface area contributed by atoms with Gasteiger partial charge in [-0.05, 0) is 48.0 Å². The molecule has 7 heteroatoms. The van der Waals surface area contributed by atoms with Crippen molar-refractivity contribution in [2.45, 2.75) is 0 Å². The van der Waals surface area contributed by atoms with Gasteiger partial charge in [0.1, 0.15) is 23.2 Å². The summed E-state index contributed by atoms with van der Waals surface area (Å²) in [7, 11) is 0. The Morgan fingerprint density at radius 3 is 2.54 bits per heavy atom. The summed E-state index contributed by atoms with van der Waals surface area (Å²) in [5.74, 6) is -1.22. The molecule has 0 bridgehead atoms. The molecule has 0 aliphatic carbocycles. The Bertz CT molecular complexity index is 1110. The molecule has 0 saturated carbocycles. The van der Waals surface area contributed by atoms with Crippen molar-refractivity contribution in [2.75, 3.05) is 5.32 Å². The zero-order valence-electron chi connectivity index (χ0n) is 14.3. The van der Waals surface area contributed by atoms with Crippen LogP contribution in [0.15, 0.2) is 70.7 Å². The van der Waals surface area contributed by atoms with Gasteiger partial charge in [0.2, 0.25) is 0 Å². The highest BCUT2D eigenvalue weighted by Crippen LogP contribution is 2.24. The number of nitrogens with one attached hydrogen (secondary N) is 1. The Hall–Kier alpha value is -3.82. The Morgan fingerprint density at radius 2 is 1.86 bits per heavy atom. The van der Waals surface area contributed by atoms with Crippen molar-refractivity contribution >= 4 is 35.2 Å². The van der Waals surface area contributed by atoms with Crippen molar-refractivity contribution < 1.29 is 19.1 Å². The van der Waals surface area contributed by atoms with Crippen LogP contribution >= 0.6 is 11.6 Å². The average Bonchev–Trinajstić information content (AvgIpc) is 3.16. The summed E-state index contributed by atoms with van der Waals surface area (Å²) in [6.45, 7) is 0. The molecule has 2 aromatic carbocycles. The third-order valence-corrected chi connectivity index (χ3v) is 4.02. The zero-order valence-corrected chi connectivity index (χ0v) is 15.1. The fourth-order valence-electron chi connectivity index (χ4n) is 2.41. The van der Waals surface area contributed by atoms with E-state index >= 15 is 0 Å². The minimum atomic E-state index is -1.29. The van der Waals surface area contributed by atoms with Gasteiger partial charge in [-0.2, -0.15) is 5.26 Å². The third-order valence-electron chi connectivity index (χ3n) is 3.76. The summed E-state index contributed by atoms with van der Waals surface area (Å²) < 4.78 is 5.61. The van der Waals surface area contributed by atoms with Crippen LogP contribution in [0.3, 0.4) is 0 Å². The molecule has 1 amide bonds. The van der Waals surface area contributed by atoms with E-state index in [2.05, 4.69) is 5.32 Å². The number of amides is 1. The predicted molar refractivity (Wildman–Crippen MR) is 102 cm³/mol.